The van der Waals surface area contributed by atoms with Crippen LogP contribution in [0.5, 0.6) is 0 Å². The fourth-order valence-electron chi connectivity index (χ4n) is 1.86. The Balaban J connectivity index is 2.42. The summed E-state index contributed by atoms with van der Waals surface area (Å²) in [6.45, 7) is 5.69. The maximum Gasteiger partial charge on any atom is 0.407 e. The number of alkyl carbamates (subject to hydrolysis) is 1. The molecule has 1 N–H and O–H groups in total. The summed E-state index contributed by atoms with van der Waals surface area (Å²) in [5.74, 6) is -0.625. The second-order valence-corrected chi connectivity index (χ2v) is 5.73. The van der Waals surface area contributed by atoms with Crippen molar-refractivity contribution in [2.24, 2.45) is 0 Å². The molecule has 0 aromatic heterocycles. The maximum atomic E-state index is 11.8. The summed E-state index contributed by atoms with van der Waals surface area (Å²) in [7, 11) is 1.28. The van der Waals surface area contributed by atoms with Crippen LogP contribution in [0.3, 0.4) is 0 Å². The topological polar surface area (TPSA) is 84.9 Å². The largest absolute Gasteiger partial charge is 0.468 e. The van der Waals surface area contributed by atoms with E-state index in [0.29, 0.717) is 13.0 Å². The molecule has 0 bridgehead atoms. The minimum atomic E-state index is -0.570. The highest BCUT2D eigenvalue weighted by Crippen LogP contribution is 2.13. The molecule has 1 heterocycles. The van der Waals surface area contributed by atoms with Crippen molar-refractivity contribution in [3.8, 4) is 0 Å². The summed E-state index contributed by atoms with van der Waals surface area (Å²) in [6, 6.07) is -0.258. The van der Waals surface area contributed by atoms with Crippen molar-refractivity contribution in [3.05, 3.63) is 0 Å². The molecule has 1 atom stereocenters. The van der Waals surface area contributed by atoms with E-state index in [2.05, 4.69) is 10.1 Å². The van der Waals surface area contributed by atoms with Crippen molar-refractivity contribution in [1.29, 1.82) is 0 Å². The number of hydrogen-bond acceptors (Lipinski definition) is 5. The Labute approximate surface area is 118 Å². The Morgan fingerprint density at radius 1 is 1.40 bits per heavy atom. The molecule has 20 heavy (non-hydrogen) atoms. The summed E-state index contributed by atoms with van der Waals surface area (Å²) < 4.78 is 9.66. The highest BCUT2D eigenvalue weighted by Gasteiger charge is 2.29. The monoisotopic (exact) mass is 286 g/mol. The number of ether oxygens (including phenoxy) is 2. The highest BCUT2D eigenvalue weighted by atomic mass is 16.6. The molecule has 7 nitrogen and oxygen atoms in total. The number of carbonyl (C=O) groups is 3. The van der Waals surface area contributed by atoms with Crippen LogP contribution in [0.15, 0.2) is 0 Å². The third-order valence-electron chi connectivity index (χ3n) is 2.79. The van der Waals surface area contributed by atoms with Gasteiger partial charge in [0.05, 0.1) is 7.11 Å². The third-order valence-corrected chi connectivity index (χ3v) is 2.79. The molecular formula is C13H22N2O5. The molecule has 0 unspecified atom stereocenters. The van der Waals surface area contributed by atoms with Gasteiger partial charge in [0, 0.05) is 19.0 Å². The molecule has 1 aliphatic rings. The first-order valence-corrected chi connectivity index (χ1v) is 6.55. The number of carbonyl (C=O) groups excluding carboxylic acids is 3. The van der Waals surface area contributed by atoms with E-state index in [1.807, 2.05) is 0 Å². The van der Waals surface area contributed by atoms with Crippen LogP contribution in [0.1, 0.15) is 33.6 Å². The zero-order valence-electron chi connectivity index (χ0n) is 12.4. The molecule has 0 aromatic carbocycles. The predicted molar refractivity (Wildman–Crippen MR) is 71.0 cm³/mol. The highest BCUT2D eigenvalue weighted by molar-refractivity contribution is 5.83. The van der Waals surface area contributed by atoms with E-state index in [9.17, 15) is 14.4 Å². The number of likely N-dealkylation sites (tertiary alicyclic amines) is 1. The molecule has 1 rings (SSSR count). The van der Waals surface area contributed by atoms with Crippen molar-refractivity contribution in [3.63, 3.8) is 0 Å². The number of esters is 1. The van der Waals surface area contributed by atoms with Gasteiger partial charge >= 0.3 is 12.1 Å². The maximum absolute atomic E-state index is 11.8. The summed E-state index contributed by atoms with van der Waals surface area (Å²) in [5.41, 5.74) is -0.570. The number of amides is 2. The van der Waals surface area contributed by atoms with Crippen LogP contribution in [0.25, 0.3) is 0 Å². The van der Waals surface area contributed by atoms with Crippen LogP contribution in [-0.4, -0.2) is 54.7 Å². The van der Waals surface area contributed by atoms with Crippen LogP contribution < -0.4 is 5.32 Å². The van der Waals surface area contributed by atoms with Gasteiger partial charge < -0.3 is 19.7 Å². The number of methoxy groups -OCH3 is 1. The predicted octanol–water partition coefficient (Wildman–Crippen LogP) is 0.675. The van der Waals surface area contributed by atoms with E-state index in [1.165, 1.54) is 12.0 Å². The van der Waals surface area contributed by atoms with E-state index >= 15 is 0 Å². The molecule has 0 radical (unpaired) electrons. The number of nitrogens with zero attached hydrogens (tertiary/aromatic N) is 1. The van der Waals surface area contributed by atoms with Gasteiger partial charge in [-0.05, 0) is 27.2 Å². The van der Waals surface area contributed by atoms with Crippen molar-refractivity contribution in [2.45, 2.75) is 45.3 Å². The second-order valence-electron chi connectivity index (χ2n) is 5.73. The molecule has 2 amide bonds. The van der Waals surface area contributed by atoms with Crippen LogP contribution >= 0.6 is 0 Å². The molecule has 114 valence electrons. The number of piperidine rings is 1. The van der Waals surface area contributed by atoms with Gasteiger partial charge in [-0.3, -0.25) is 9.59 Å². The molecule has 0 aromatic rings. The van der Waals surface area contributed by atoms with Crippen LogP contribution in [-0.2, 0) is 19.1 Å². The van der Waals surface area contributed by atoms with Gasteiger partial charge in [0.25, 0.3) is 0 Å². The molecule has 1 fully saturated rings. The first kappa shape index (κ1) is 16.3. The summed E-state index contributed by atoms with van der Waals surface area (Å²) in [6.07, 6.45) is 0.217. The Morgan fingerprint density at radius 2 is 2.05 bits per heavy atom. The lowest BCUT2D eigenvalue weighted by Crippen LogP contribution is -2.49. The minimum absolute atomic E-state index is 0.0471. The van der Waals surface area contributed by atoms with E-state index in [4.69, 9.17) is 4.74 Å². The second kappa shape index (κ2) is 6.58. The fraction of sp³-hybridized carbons (Fsp3) is 0.769. The Kier molecular flexibility index (Phi) is 5.35. The lowest BCUT2D eigenvalue weighted by Gasteiger charge is -2.31. The minimum Gasteiger partial charge on any atom is -0.468 e. The van der Waals surface area contributed by atoms with Crippen LogP contribution in [0, 0.1) is 0 Å². The summed E-state index contributed by atoms with van der Waals surface area (Å²) in [4.78, 5) is 36.0. The van der Waals surface area contributed by atoms with Gasteiger partial charge in [-0.25, -0.2) is 4.79 Å². The average Bonchev–Trinajstić information content (AvgIpc) is 2.29. The molecule has 0 aliphatic carbocycles. The van der Waals surface area contributed by atoms with Crippen LogP contribution in [0.2, 0.25) is 0 Å². The number of hydrogen-bond donors (Lipinski definition) is 1. The van der Waals surface area contributed by atoms with E-state index < -0.39 is 17.7 Å². The zero-order chi connectivity index (χ0) is 15.3. The Bertz CT molecular complexity index is 389. The van der Waals surface area contributed by atoms with E-state index in [0.717, 1.165) is 0 Å². The summed E-state index contributed by atoms with van der Waals surface area (Å²) >= 11 is 0. The van der Waals surface area contributed by atoms with Crippen molar-refractivity contribution >= 4 is 18.0 Å². The van der Waals surface area contributed by atoms with Crippen molar-refractivity contribution in [1.82, 2.24) is 10.2 Å². The number of rotatable bonds is 3. The van der Waals surface area contributed by atoms with Crippen molar-refractivity contribution in [2.75, 3.05) is 20.2 Å². The molecule has 0 saturated carbocycles. The lowest BCUT2D eigenvalue weighted by molar-refractivity contribution is -0.148. The quantitative estimate of drug-likeness (QED) is 0.771. The Hall–Kier alpha value is -1.79. The molecule has 1 saturated heterocycles. The van der Waals surface area contributed by atoms with Gasteiger partial charge in [-0.1, -0.05) is 0 Å². The molecule has 0 spiro atoms. The fourth-order valence-corrected chi connectivity index (χ4v) is 1.86. The first-order chi connectivity index (χ1) is 9.21. The molecule has 1 aliphatic heterocycles. The lowest BCUT2D eigenvalue weighted by atomic mass is 10.0. The molecular weight excluding hydrogens is 264 g/mol. The Morgan fingerprint density at radius 3 is 2.55 bits per heavy atom. The van der Waals surface area contributed by atoms with Gasteiger partial charge in [-0.2, -0.15) is 0 Å². The van der Waals surface area contributed by atoms with Gasteiger partial charge in [0.2, 0.25) is 5.91 Å². The SMILES string of the molecule is COC(=O)CN1CC[C@H](NC(=O)OC(C)(C)C)CC1=O. The van der Waals surface area contributed by atoms with Crippen molar-refractivity contribution < 1.29 is 23.9 Å². The van der Waals surface area contributed by atoms with Gasteiger partial charge in [0.1, 0.15) is 12.1 Å². The first-order valence-electron chi connectivity index (χ1n) is 6.55. The molecule has 7 heteroatoms. The van der Waals surface area contributed by atoms with E-state index in [1.54, 1.807) is 20.8 Å². The normalized spacial score (nSPS) is 19.5. The smallest absolute Gasteiger partial charge is 0.407 e. The average molecular weight is 286 g/mol. The number of nitrogens with one attached hydrogen (secondary N) is 1. The zero-order valence-corrected chi connectivity index (χ0v) is 12.4. The third kappa shape index (κ3) is 5.46. The summed E-state index contributed by atoms with van der Waals surface area (Å²) in [5, 5.41) is 2.67. The van der Waals surface area contributed by atoms with E-state index in [-0.39, 0.29) is 24.9 Å². The van der Waals surface area contributed by atoms with Gasteiger partial charge in [0.15, 0.2) is 0 Å². The standard InChI is InChI=1S/C13H22N2O5/c1-13(2,3)20-12(18)14-9-5-6-15(10(16)7-9)8-11(17)19-4/h9H,5-8H2,1-4H3,(H,14,18)/t9-/m0/s1. The van der Waals surface area contributed by atoms with Crippen LogP contribution in [0.4, 0.5) is 4.79 Å². The van der Waals surface area contributed by atoms with Gasteiger partial charge in [-0.15, -0.1) is 0 Å².